The lowest BCUT2D eigenvalue weighted by Gasteiger charge is -2.40. The smallest absolute Gasteiger partial charge is 0.177 e. The highest BCUT2D eigenvalue weighted by molar-refractivity contribution is 6.10. The number of hydrogen-bond acceptors (Lipinski definition) is 5. The lowest BCUT2D eigenvalue weighted by Crippen LogP contribution is -2.42. The van der Waals surface area contributed by atoms with Gasteiger partial charge in [-0.15, -0.1) is 6.42 Å². The summed E-state index contributed by atoms with van der Waals surface area (Å²) in [6.07, 6.45) is 8.06. The first kappa shape index (κ1) is 16.7. The van der Waals surface area contributed by atoms with Crippen molar-refractivity contribution in [2.75, 3.05) is 13.1 Å². The molecule has 5 heteroatoms. The van der Waals surface area contributed by atoms with Crippen LogP contribution >= 0.6 is 0 Å². The van der Waals surface area contributed by atoms with E-state index in [-0.39, 0.29) is 12.2 Å². The van der Waals surface area contributed by atoms with Crippen LogP contribution in [0.3, 0.4) is 0 Å². The Morgan fingerprint density at radius 1 is 1.42 bits per heavy atom. The minimum atomic E-state index is -0.689. The number of nitrogens with zero attached hydrogens (tertiary/aromatic N) is 2. The van der Waals surface area contributed by atoms with Crippen LogP contribution in [0, 0.1) is 12.3 Å². The number of carbonyl (C=O) groups excluding carboxylic acids is 1. The fourth-order valence-electron chi connectivity index (χ4n) is 3.31. The van der Waals surface area contributed by atoms with Gasteiger partial charge in [-0.05, 0) is 38.3 Å². The molecule has 1 saturated heterocycles. The number of piperidine rings is 1. The number of aromatic nitrogens is 1. The van der Waals surface area contributed by atoms with Crippen LogP contribution in [0.4, 0.5) is 0 Å². The quantitative estimate of drug-likeness (QED) is 0.805. The molecule has 3 rings (SSSR count). The van der Waals surface area contributed by atoms with Gasteiger partial charge in [0.1, 0.15) is 0 Å². The van der Waals surface area contributed by atoms with Crippen molar-refractivity contribution in [3.05, 3.63) is 34.7 Å². The molecule has 0 spiro atoms. The number of aliphatic hydroxyl groups excluding tert-OH is 1. The average Bonchev–Trinajstić information content (AvgIpc) is 2.53. The summed E-state index contributed by atoms with van der Waals surface area (Å²) < 4.78 is 0. The van der Waals surface area contributed by atoms with E-state index in [1.165, 1.54) is 0 Å². The maximum atomic E-state index is 12.4. The first-order valence-corrected chi connectivity index (χ1v) is 8.21. The van der Waals surface area contributed by atoms with Crippen LogP contribution in [0.5, 0.6) is 0 Å². The summed E-state index contributed by atoms with van der Waals surface area (Å²) in [6.45, 7) is 4.75. The van der Waals surface area contributed by atoms with Crippen LogP contribution in [0.15, 0.2) is 17.8 Å². The van der Waals surface area contributed by atoms with E-state index in [1.54, 1.807) is 13.1 Å². The topological polar surface area (TPSA) is 73.7 Å². The summed E-state index contributed by atoms with van der Waals surface area (Å²) in [7, 11) is 0. The predicted molar refractivity (Wildman–Crippen MR) is 90.8 cm³/mol. The van der Waals surface area contributed by atoms with Crippen molar-refractivity contribution >= 4 is 11.5 Å². The van der Waals surface area contributed by atoms with Gasteiger partial charge in [-0.1, -0.05) is 5.92 Å². The Balaban J connectivity index is 2.09. The van der Waals surface area contributed by atoms with E-state index in [0.717, 1.165) is 16.8 Å². The van der Waals surface area contributed by atoms with Gasteiger partial charge in [-0.3, -0.25) is 9.78 Å². The molecule has 126 valence electrons. The Morgan fingerprint density at radius 2 is 2.08 bits per heavy atom. The second-order valence-electron chi connectivity index (χ2n) is 6.89. The molecule has 1 unspecified atom stereocenters. The van der Waals surface area contributed by atoms with E-state index in [1.807, 2.05) is 13.0 Å². The number of fused-ring (bicyclic) bond motifs is 1. The Labute approximate surface area is 142 Å². The number of aliphatic hydroxyl groups is 2. The molecule has 0 aromatic carbocycles. The van der Waals surface area contributed by atoms with Crippen molar-refractivity contribution in [1.29, 1.82) is 0 Å². The molecule has 2 N–H and O–H groups in total. The minimum Gasteiger partial charge on any atom is -0.390 e. The predicted octanol–water partition coefficient (Wildman–Crippen LogP) is 1.45. The van der Waals surface area contributed by atoms with E-state index in [4.69, 9.17) is 6.42 Å². The van der Waals surface area contributed by atoms with Crippen LogP contribution in [0.1, 0.15) is 49.6 Å². The number of hydrogen-bond donors (Lipinski definition) is 2. The number of Topliss-reactive ketones (excluding diaryl/α,β-unsaturated/α-hetero) is 1. The molecule has 1 aliphatic heterocycles. The third kappa shape index (κ3) is 2.95. The zero-order valence-corrected chi connectivity index (χ0v) is 14.0. The van der Waals surface area contributed by atoms with Crippen LogP contribution in [-0.4, -0.2) is 44.6 Å². The summed E-state index contributed by atoms with van der Waals surface area (Å²) in [4.78, 5) is 18.8. The van der Waals surface area contributed by atoms with Crippen LogP contribution in [0.25, 0.3) is 5.70 Å². The number of carbonyl (C=O) groups is 1. The largest absolute Gasteiger partial charge is 0.390 e. The first-order chi connectivity index (χ1) is 11.3. The van der Waals surface area contributed by atoms with E-state index < -0.39 is 11.7 Å². The van der Waals surface area contributed by atoms with Gasteiger partial charge in [0, 0.05) is 31.3 Å². The highest BCUT2D eigenvalue weighted by Gasteiger charge is 2.33. The lowest BCUT2D eigenvalue weighted by molar-refractivity contribution is -0.114. The molecular formula is C19H22N2O3. The molecule has 1 aromatic rings. The van der Waals surface area contributed by atoms with Gasteiger partial charge in [0.15, 0.2) is 5.78 Å². The Morgan fingerprint density at radius 3 is 2.67 bits per heavy atom. The molecule has 1 fully saturated rings. The Bertz CT molecular complexity index is 746. The molecule has 5 nitrogen and oxygen atoms in total. The molecule has 0 saturated carbocycles. The number of allylic oxidation sites excluding steroid dienone is 1. The van der Waals surface area contributed by atoms with Gasteiger partial charge in [-0.25, -0.2) is 0 Å². The van der Waals surface area contributed by atoms with Crippen molar-refractivity contribution < 1.29 is 15.0 Å². The van der Waals surface area contributed by atoms with Gasteiger partial charge in [0.2, 0.25) is 0 Å². The lowest BCUT2D eigenvalue weighted by atomic mass is 9.86. The summed E-state index contributed by atoms with van der Waals surface area (Å²) in [5.41, 5.74) is 2.69. The monoisotopic (exact) mass is 326 g/mol. The van der Waals surface area contributed by atoms with Gasteiger partial charge in [0.05, 0.1) is 28.7 Å². The van der Waals surface area contributed by atoms with E-state index in [0.29, 0.717) is 37.2 Å². The minimum absolute atomic E-state index is 0.0797. The first-order valence-electron chi connectivity index (χ1n) is 8.21. The molecule has 2 heterocycles. The average molecular weight is 326 g/mol. The molecule has 1 atom stereocenters. The number of pyridine rings is 1. The summed E-state index contributed by atoms with van der Waals surface area (Å²) in [5, 5.41) is 20.0. The van der Waals surface area contributed by atoms with Crippen molar-refractivity contribution in [2.24, 2.45) is 0 Å². The van der Waals surface area contributed by atoms with Crippen LogP contribution in [0.2, 0.25) is 0 Å². The fourth-order valence-corrected chi connectivity index (χ4v) is 3.31. The summed E-state index contributed by atoms with van der Waals surface area (Å²) >= 11 is 0. The number of terminal acetylenes is 1. The second-order valence-corrected chi connectivity index (χ2v) is 6.89. The molecule has 0 amide bonds. The summed E-state index contributed by atoms with van der Waals surface area (Å²) in [6, 6.07) is 1.83. The van der Waals surface area contributed by atoms with E-state index in [9.17, 15) is 15.0 Å². The number of rotatable bonds is 2. The zero-order valence-electron chi connectivity index (χ0n) is 14.0. The third-order valence-electron chi connectivity index (χ3n) is 4.86. The van der Waals surface area contributed by atoms with Crippen molar-refractivity contribution in [3.8, 4) is 12.3 Å². The molecule has 1 aliphatic carbocycles. The highest BCUT2D eigenvalue weighted by Crippen LogP contribution is 2.36. The van der Waals surface area contributed by atoms with Crippen LogP contribution in [-0.2, 0) is 11.2 Å². The molecular weight excluding hydrogens is 304 g/mol. The van der Waals surface area contributed by atoms with E-state index >= 15 is 0 Å². The fraction of sp³-hybridized carbons (Fsp3) is 0.474. The van der Waals surface area contributed by atoms with Gasteiger partial charge in [-0.2, -0.15) is 0 Å². The zero-order chi connectivity index (χ0) is 17.5. The Kier molecular flexibility index (Phi) is 4.20. The van der Waals surface area contributed by atoms with Gasteiger partial charge < -0.3 is 15.1 Å². The SMILES string of the molecule is C#CC1=C(N2CCC(C)(O)CC2)c2cc(C(C)O)ncc2CC1=O. The Hall–Kier alpha value is -2.16. The van der Waals surface area contributed by atoms with Gasteiger partial charge in [0.25, 0.3) is 0 Å². The highest BCUT2D eigenvalue weighted by atomic mass is 16.3. The third-order valence-corrected chi connectivity index (χ3v) is 4.86. The number of likely N-dealkylation sites (tertiary alicyclic amines) is 1. The standard InChI is InChI=1S/C19H22N2O3/c1-4-14-17(23)9-13-11-20-16(12(2)22)10-15(13)18(14)21-7-5-19(3,24)6-8-21/h1,10-12,22,24H,5-9H2,2-3H3. The van der Waals surface area contributed by atoms with Crippen molar-refractivity contribution in [3.63, 3.8) is 0 Å². The molecule has 0 radical (unpaired) electrons. The molecule has 2 aliphatic rings. The molecule has 24 heavy (non-hydrogen) atoms. The normalized spacial score (nSPS) is 21.3. The van der Waals surface area contributed by atoms with Crippen molar-refractivity contribution in [2.45, 2.75) is 44.8 Å². The van der Waals surface area contributed by atoms with Crippen LogP contribution < -0.4 is 0 Å². The second kappa shape index (κ2) is 6.04. The van der Waals surface area contributed by atoms with Gasteiger partial charge >= 0.3 is 0 Å². The summed E-state index contributed by atoms with van der Waals surface area (Å²) in [5.74, 6) is 2.47. The maximum absolute atomic E-state index is 12.4. The van der Waals surface area contributed by atoms with E-state index in [2.05, 4.69) is 15.8 Å². The van der Waals surface area contributed by atoms with Crippen molar-refractivity contribution in [1.82, 2.24) is 9.88 Å². The molecule has 0 bridgehead atoms. The number of ketones is 1. The maximum Gasteiger partial charge on any atom is 0.177 e. The molecule has 1 aromatic heterocycles.